The molecule has 0 bridgehead atoms. The Morgan fingerprint density at radius 1 is 0.423 bits per heavy atom. The number of esters is 1. The molecule has 0 aliphatic carbocycles. The van der Waals surface area contributed by atoms with Crippen molar-refractivity contribution >= 4 is 13.8 Å². The van der Waals surface area contributed by atoms with Crippen molar-refractivity contribution in [3.8, 4) is 0 Å². The number of quaternary nitrogens is 1. The van der Waals surface area contributed by atoms with Crippen LogP contribution in [-0.4, -0.2) is 70.7 Å². The number of phosphoric ester groups is 1. The lowest BCUT2D eigenvalue weighted by Crippen LogP contribution is -2.37. The van der Waals surface area contributed by atoms with E-state index in [0.717, 1.165) is 32.1 Å². The number of allylic oxidation sites excluding steroid dienone is 2. The van der Waals surface area contributed by atoms with Crippen LogP contribution in [0.4, 0.5) is 0 Å². The maximum absolute atomic E-state index is 12.8. The highest BCUT2D eigenvalue weighted by Gasteiger charge is 2.20. The van der Waals surface area contributed by atoms with Gasteiger partial charge in [-0.2, -0.15) is 0 Å². The van der Waals surface area contributed by atoms with Crippen molar-refractivity contribution in [2.24, 2.45) is 0 Å². The predicted molar refractivity (Wildman–Crippen MR) is 305 cm³/mol. The summed E-state index contributed by atoms with van der Waals surface area (Å²) in [5.41, 5.74) is 0. The van der Waals surface area contributed by atoms with Crippen LogP contribution in [0.2, 0.25) is 0 Å². The molecule has 0 rings (SSSR count). The number of likely N-dealkylation sites (N-methyl/N-ethyl adjacent to an activating group) is 1. The van der Waals surface area contributed by atoms with E-state index >= 15 is 0 Å². The van der Waals surface area contributed by atoms with Gasteiger partial charge in [-0.05, 0) is 38.5 Å². The maximum Gasteiger partial charge on any atom is 0.306 e. The van der Waals surface area contributed by atoms with Gasteiger partial charge in [0.25, 0.3) is 7.82 Å². The summed E-state index contributed by atoms with van der Waals surface area (Å²) in [6.45, 7) is 5.50. The third kappa shape index (κ3) is 60.0. The summed E-state index contributed by atoms with van der Waals surface area (Å²) >= 11 is 0. The molecule has 0 N–H and O–H groups in total. The number of phosphoric acid groups is 1. The van der Waals surface area contributed by atoms with Gasteiger partial charge in [0, 0.05) is 13.0 Å². The highest BCUT2D eigenvalue weighted by Crippen LogP contribution is 2.38. The third-order valence-corrected chi connectivity index (χ3v) is 15.3. The highest BCUT2D eigenvalue weighted by molar-refractivity contribution is 7.45. The molecule has 0 spiro atoms. The van der Waals surface area contributed by atoms with Crippen LogP contribution in [0.5, 0.6) is 0 Å². The van der Waals surface area contributed by atoms with Crippen molar-refractivity contribution in [3.05, 3.63) is 12.2 Å². The largest absolute Gasteiger partial charge is 0.756 e. The molecule has 424 valence electrons. The second kappa shape index (κ2) is 55.5. The molecule has 0 heterocycles. The van der Waals surface area contributed by atoms with Crippen molar-refractivity contribution in [3.63, 3.8) is 0 Å². The van der Waals surface area contributed by atoms with Crippen LogP contribution in [-0.2, 0) is 27.9 Å². The average molecular weight is 1030 g/mol. The fourth-order valence-corrected chi connectivity index (χ4v) is 10.2. The number of carbonyl (C=O) groups is 1. The normalized spacial score (nSPS) is 13.4. The van der Waals surface area contributed by atoms with Crippen LogP contribution in [0.1, 0.15) is 322 Å². The van der Waals surface area contributed by atoms with Gasteiger partial charge < -0.3 is 27.9 Å². The zero-order valence-corrected chi connectivity index (χ0v) is 49.4. The summed E-state index contributed by atoms with van der Waals surface area (Å²) in [5, 5.41) is 0. The predicted octanol–water partition coefficient (Wildman–Crippen LogP) is 19.4. The Hall–Kier alpha value is -0.760. The topological polar surface area (TPSA) is 94.1 Å². The Morgan fingerprint density at radius 2 is 0.732 bits per heavy atom. The van der Waals surface area contributed by atoms with E-state index in [9.17, 15) is 14.3 Å². The van der Waals surface area contributed by atoms with Gasteiger partial charge in [0.2, 0.25) is 0 Å². The van der Waals surface area contributed by atoms with Gasteiger partial charge in [-0.25, -0.2) is 0 Å². The number of ether oxygens (including phenoxy) is 2. The molecule has 0 aromatic carbocycles. The Bertz CT molecular complexity index is 1150. The lowest BCUT2D eigenvalue weighted by atomic mass is 10.0. The summed E-state index contributed by atoms with van der Waals surface area (Å²) in [7, 11) is 1.38. The van der Waals surface area contributed by atoms with Gasteiger partial charge in [0.15, 0.2) is 0 Å². The molecule has 0 aliphatic rings. The third-order valence-electron chi connectivity index (χ3n) is 14.3. The fourth-order valence-electron chi connectivity index (χ4n) is 9.49. The van der Waals surface area contributed by atoms with E-state index in [4.69, 9.17) is 18.5 Å². The summed E-state index contributed by atoms with van der Waals surface area (Å²) in [6.07, 6.45) is 67.0. The number of nitrogens with zero attached hydrogens (tertiary/aromatic N) is 1. The molecule has 8 nitrogen and oxygen atoms in total. The Balaban J connectivity index is 3.98. The second-order valence-corrected chi connectivity index (χ2v) is 24.2. The first kappa shape index (κ1) is 70.2. The quantitative estimate of drug-likeness (QED) is 0.0197. The fraction of sp³-hybridized carbons (Fsp3) is 0.952. The van der Waals surface area contributed by atoms with Crippen molar-refractivity contribution in [1.29, 1.82) is 0 Å². The molecule has 0 fully saturated rings. The molecule has 0 saturated carbocycles. The lowest BCUT2D eigenvalue weighted by Gasteiger charge is -2.28. The lowest BCUT2D eigenvalue weighted by molar-refractivity contribution is -0.870. The minimum atomic E-state index is -4.53. The van der Waals surface area contributed by atoms with E-state index < -0.39 is 13.9 Å². The Kier molecular flexibility index (Phi) is 54.9. The van der Waals surface area contributed by atoms with Crippen molar-refractivity contribution < 1.29 is 37.3 Å². The number of unbranched alkanes of at least 4 members (excludes halogenated alkanes) is 44. The molecule has 2 unspecified atom stereocenters. The van der Waals surface area contributed by atoms with Gasteiger partial charge in [-0.1, -0.05) is 289 Å². The van der Waals surface area contributed by atoms with Crippen LogP contribution >= 0.6 is 7.82 Å². The molecular weight excluding hydrogens is 902 g/mol. The summed E-state index contributed by atoms with van der Waals surface area (Å²) in [4.78, 5) is 25.3. The molecule has 0 aliphatic heterocycles. The van der Waals surface area contributed by atoms with Crippen LogP contribution in [0, 0.1) is 0 Å². The number of carbonyl (C=O) groups excluding carboxylic acids is 1. The summed E-state index contributed by atoms with van der Waals surface area (Å²) in [6, 6.07) is 0. The van der Waals surface area contributed by atoms with Gasteiger partial charge in [0.1, 0.15) is 19.3 Å². The van der Waals surface area contributed by atoms with Crippen LogP contribution < -0.4 is 4.89 Å². The molecule has 71 heavy (non-hydrogen) atoms. The van der Waals surface area contributed by atoms with E-state index in [1.807, 2.05) is 21.1 Å². The standard InChI is InChI=1S/C62H124NO7P/c1-6-8-10-12-14-16-18-20-22-24-26-28-30-32-33-35-37-39-41-43-45-47-49-51-53-55-62(64)70-61(60-69-71(65,66)68-58-56-63(3,4)5)59-67-57-54-52-50-48-46-44-42-40-38-36-34-31-29-27-25-23-21-19-17-15-13-11-9-7-2/h24,26,61H,6-23,25,27-60H2,1-5H3/b26-24-. The zero-order chi connectivity index (χ0) is 51.9. The van der Waals surface area contributed by atoms with E-state index in [1.54, 1.807) is 0 Å². The number of rotatable bonds is 60. The first-order valence-corrected chi connectivity index (χ1v) is 32.9. The highest BCUT2D eigenvalue weighted by atomic mass is 31.2. The van der Waals surface area contributed by atoms with Gasteiger partial charge in [-0.3, -0.25) is 9.36 Å². The molecule has 9 heteroatoms. The van der Waals surface area contributed by atoms with Gasteiger partial charge >= 0.3 is 5.97 Å². The number of hydrogen-bond donors (Lipinski definition) is 0. The molecule has 0 aromatic rings. The van der Waals surface area contributed by atoms with Crippen molar-refractivity contribution in [2.45, 2.75) is 328 Å². The minimum Gasteiger partial charge on any atom is -0.756 e. The maximum atomic E-state index is 12.8. The average Bonchev–Trinajstić information content (AvgIpc) is 3.33. The van der Waals surface area contributed by atoms with Crippen molar-refractivity contribution in [1.82, 2.24) is 0 Å². The molecule has 2 atom stereocenters. The molecular formula is C62H124NO7P. The Morgan fingerprint density at radius 3 is 1.07 bits per heavy atom. The molecule has 0 amide bonds. The second-order valence-electron chi connectivity index (χ2n) is 22.8. The summed E-state index contributed by atoms with van der Waals surface area (Å²) < 4.78 is 34.9. The van der Waals surface area contributed by atoms with E-state index in [0.29, 0.717) is 24.1 Å². The molecule has 0 saturated heterocycles. The van der Waals surface area contributed by atoms with E-state index in [1.165, 1.54) is 270 Å². The zero-order valence-electron chi connectivity index (χ0n) is 48.5. The first-order valence-electron chi connectivity index (χ1n) is 31.4. The Labute approximate surface area is 443 Å². The van der Waals surface area contributed by atoms with Crippen LogP contribution in [0.3, 0.4) is 0 Å². The first-order chi connectivity index (χ1) is 34.6. The summed E-state index contributed by atoms with van der Waals surface area (Å²) in [5.74, 6) is -0.325. The molecule has 0 aromatic heterocycles. The van der Waals surface area contributed by atoms with E-state index in [2.05, 4.69) is 26.0 Å². The SMILES string of the molecule is CCCCCCCCCC/C=C\CCCCCCCCCCCCCCCC(=O)OC(COCCCCCCCCCCCCCCCCCCCCCCCCCC)COP(=O)([O-])OCC[N+](C)(C)C. The van der Waals surface area contributed by atoms with Crippen molar-refractivity contribution in [2.75, 3.05) is 54.1 Å². The van der Waals surface area contributed by atoms with E-state index in [-0.39, 0.29) is 25.8 Å². The minimum absolute atomic E-state index is 0.0305. The van der Waals surface area contributed by atoms with Crippen LogP contribution in [0.15, 0.2) is 12.2 Å². The van der Waals surface area contributed by atoms with Gasteiger partial charge in [-0.15, -0.1) is 0 Å². The molecule has 0 radical (unpaired) electrons. The monoisotopic (exact) mass is 1030 g/mol. The number of hydrogen-bond acceptors (Lipinski definition) is 7. The smallest absolute Gasteiger partial charge is 0.306 e. The van der Waals surface area contributed by atoms with Gasteiger partial charge in [0.05, 0.1) is 34.4 Å². The van der Waals surface area contributed by atoms with Crippen LogP contribution in [0.25, 0.3) is 0 Å².